The first-order chi connectivity index (χ1) is 12.5. The van der Waals surface area contributed by atoms with E-state index in [1.165, 1.54) is 17.2 Å². The molecule has 0 aliphatic rings. The Morgan fingerprint density at radius 3 is 2.77 bits per heavy atom. The zero-order chi connectivity index (χ0) is 18.3. The molecule has 2 aromatic heterocycles. The van der Waals surface area contributed by atoms with E-state index in [2.05, 4.69) is 52.5 Å². The third kappa shape index (κ3) is 2.73. The Hall–Kier alpha value is -3.48. The molecule has 4 rings (SSSR count). The van der Waals surface area contributed by atoms with Gasteiger partial charge < -0.3 is 10.4 Å². The van der Waals surface area contributed by atoms with Crippen LogP contribution in [-0.4, -0.2) is 30.7 Å². The first-order valence-corrected chi connectivity index (χ1v) is 8.20. The highest BCUT2D eigenvalue weighted by Crippen LogP contribution is 2.22. The number of aryl methyl sites for hydroxylation is 2. The molecule has 26 heavy (non-hydrogen) atoms. The van der Waals surface area contributed by atoms with Gasteiger partial charge in [-0.1, -0.05) is 18.2 Å². The minimum Gasteiger partial charge on any atom is -0.478 e. The Labute approximate surface area is 149 Å². The molecule has 2 aromatic carbocycles. The number of carboxylic acids is 1. The number of anilines is 1. The molecule has 0 saturated carbocycles. The third-order valence-corrected chi connectivity index (χ3v) is 4.51. The van der Waals surface area contributed by atoms with Crippen LogP contribution in [0.4, 0.5) is 5.95 Å². The lowest BCUT2D eigenvalue weighted by Crippen LogP contribution is -2.07. The first kappa shape index (κ1) is 16.0. The quantitative estimate of drug-likeness (QED) is 0.589. The fourth-order valence-electron chi connectivity index (χ4n) is 2.91. The lowest BCUT2D eigenvalue weighted by Gasteiger charge is -2.11. The molecule has 0 unspecified atom stereocenters. The average Bonchev–Trinajstić information content (AvgIpc) is 3.12. The van der Waals surface area contributed by atoms with E-state index in [4.69, 9.17) is 0 Å². The fourth-order valence-corrected chi connectivity index (χ4v) is 2.91. The van der Waals surface area contributed by atoms with E-state index in [9.17, 15) is 9.90 Å². The van der Waals surface area contributed by atoms with Crippen molar-refractivity contribution in [2.24, 2.45) is 0 Å². The zero-order valence-corrected chi connectivity index (χ0v) is 14.4. The van der Waals surface area contributed by atoms with Crippen molar-refractivity contribution in [1.82, 2.24) is 19.6 Å². The molecule has 0 spiro atoms. The second-order valence-corrected chi connectivity index (χ2v) is 6.27. The van der Waals surface area contributed by atoms with Crippen molar-refractivity contribution in [1.29, 1.82) is 0 Å². The molecular formula is C19H17N5O2. The number of hydrogen-bond donors (Lipinski definition) is 2. The van der Waals surface area contributed by atoms with Crippen LogP contribution >= 0.6 is 0 Å². The molecule has 4 aromatic rings. The lowest BCUT2D eigenvalue weighted by atomic mass is 10.1. The maximum absolute atomic E-state index is 11.2. The van der Waals surface area contributed by atoms with Crippen LogP contribution in [0.3, 0.4) is 0 Å². The SMILES string of the molecule is Cc1ccc(CNc2nc3ccc(C(=O)O)cc3c3nncn23)cc1C. The Morgan fingerprint density at radius 2 is 2.00 bits per heavy atom. The molecule has 2 heterocycles. The summed E-state index contributed by atoms with van der Waals surface area (Å²) in [6.07, 6.45) is 1.57. The zero-order valence-electron chi connectivity index (χ0n) is 14.4. The number of benzene rings is 2. The van der Waals surface area contributed by atoms with Crippen molar-refractivity contribution in [3.05, 3.63) is 65.0 Å². The second-order valence-electron chi connectivity index (χ2n) is 6.27. The van der Waals surface area contributed by atoms with Crippen LogP contribution in [0.2, 0.25) is 0 Å². The topological polar surface area (TPSA) is 92.4 Å². The summed E-state index contributed by atoms with van der Waals surface area (Å²) in [7, 11) is 0. The van der Waals surface area contributed by atoms with E-state index < -0.39 is 5.97 Å². The first-order valence-electron chi connectivity index (χ1n) is 8.20. The molecule has 0 aliphatic heterocycles. The Balaban J connectivity index is 1.74. The van der Waals surface area contributed by atoms with Crippen molar-refractivity contribution < 1.29 is 9.90 Å². The highest BCUT2D eigenvalue weighted by molar-refractivity contribution is 5.98. The lowest BCUT2D eigenvalue weighted by molar-refractivity contribution is 0.0697. The molecule has 0 saturated heterocycles. The van der Waals surface area contributed by atoms with Gasteiger partial charge in [-0.3, -0.25) is 4.40 Å². The van der Waals surface area contributed by atoms with Crippen LogP contribution in [0.25, 0.3) is 16.6 Å². The molecule has 0 amide bonds. The predicted octanol–water partition coefficient (Wildman–Crippen LogP) is 3.20. The molecule has 0 aliphatic carbocycles. The van der Waals surface area contributed by atoms with Crippen molar-refractivity contribution in [3.8, 4) is 0 Å². The number of fused-ring (bicyclic) bond motifs is 3. The molecule has 130 valence electrons. The number of hydrogen-bond acceptors (Lipinski definition) is 5. The number of carbonyl (C=O) groups is 1. The summed E-state index contributed by atoms with van der Waals surface area (Å²) in [6.45, 7) is 4.79. The van der Waals surface area contributed by atoms with Crippen molar-refractivity contribution in [3.63, 3.8) is 0 Å². The van der Waals surface area contributed by atoms with Crippen LogP contribution in [0.1, 0.15) is 27.0 Å². The van der Waals surface area contributed by atoms with E-state index in [0.717, 1.165) is 5.56 Å². The number of aromatic nitrogens is 4. The van der Waals surface area contributed by atoms with Crippen molar-refractivity contribution in [2.45, 2.75) is 20.4 Å². The monoisotopic (exact) mass is 347 g/mol. The van der Waals surface area contributed by atoms with E-state index in [1.807, 2.05) is 0 Å². The van der Waals surface area contributed by atoms with Gasteiger partial charge in [-0.25, -0.2) is 9.78 Å². The minimum atomic E-state index is -0.985. The molecule has 7 heteroatoms. The summed E-state index contributed by atoms with van der Waals surface area (Å²) in [6, 6.07) is 11.1. The normalized spacial score (nSPS) is 11.2. The number of nitrogens with zero attached hydrogens (tertiary/aromatic N) is 4. The van der Waals surface area contributed by atoms with Crippen LogP contribution in [-0.2, 0) is 6.54 Å². The van der Waals surface area contributed by atoms with Gasteiger partial charge in [-0.2, -0.15) is 0 Å². The summed E-state index contributed by atoms with van der Waals surface area (Å²) >= 11 is 0. The molecule has 0 radical (unpaired) electrons. The van der Waals surface area contributed by atoms with Gasteiger partial charge >= 0.3 is 5.97 Å². The largest absolute Gasteiger partial charge is 0.478 e. The smallest absolute Gasteiger partial charge is 0.335 e. The van der Waals surface area contributed by atoms with Gasteiger partial charge in [0.2, 0.25) is 5.95 Å². The summed E-state index contributed by atoms with van der Waals surface area (Å²) < 4.78 is 1.73. The van der Waals surface area contributed by atoms with E-state index >= 15 is 0 Å². The van der Waals surface area contributed by atoms with Crippen LogP contribution in [0.15, 0.2) is 42.7 Å². The van der Waals surface area contributed by atoms with E-state index in [0.29, 0.717) is 29.0 Å². The number of aromatic carboxylic acids is 1. The summed E-state index contributed by atoms with van der Waals surface area (Å²) in [5, 5.41) is 21.3. The minimum absolute atomic E-state index is 0.194. The average molecular weight is 347 g/mol. The van der Waals surface area contributed by atoms with Gasteiger partial charge in [0.15, 0.2) is 5.65 Å². The Bertz CT molecular complexity index is 1150. The van der Waals surface area contributed by atoms with Gasteiger partial charge in [-0.15, -0.1) is 10.2 Å². The summed E-state index contributed by atoms with van der Waals surface area (Å²) in [5.74, 6) is -0.375. The van der Waals surface area contributed by atoms with Crippen LogP contribution < -0.4 is 5.32 Å². The van der Waals surface area contributed by atoms with Crippen molar-refractivity contribution >= 4 is 28.5 Å². The highest BCUT2D eigenvalue weighted by atomic mass is 16.4. The molecule has 0 fully saturated rings. The number of rotatable bonds is 4. The number of nitrogens with one attached hydrogen (secondary N) is 1. The molecule has 0 atom stereocenters. The van der Waals surface area contributed by atoms with Gasteiger partial charge in [0.05, 0.1) is 11.1 Å². The second kappa shape index (κ2) is 6.11. The third-order valence-electron chi connectivity index (χ3n) is 4.51. The summed E-state index contributed by atoms with van der Waals surface area (Å²) in [5.41, 5.74) is 5.08. The van der Waals surface area contributed by atoms with Gasteiger partial charge in [0, 0.05) is 11.9 Å². The summed E-state index contributed by atoms with van der Waals surface area (Å²) in [4.78, 5) is 15.8. The van der Waals surface area contributed by atoms with E-state index in [1.54, 1.807) is 22.9 Å². The Kier molecular flexibility index (Phi) is 3.76. The maximum Gasteiger partial charge on any atom is 0.335 e. The number of carboxylic acid groups (broad SMARTS) is 1. The predicted molar refractivity (Wildman–Crippen MR) is 98.5 cm³/mol. The molecule has 2 N–H and O–H groups in total. The van der Waals surface area contributed by atoms with E-state index in [-0.39, 0.29) is 5.56 Å². The van der Waals surface area contributed by atoms with Gasteiger partial charge in [0.1, 0.15) is 6.33 Å². The molecular weight excluding hydrogens is 330 g/mol. The fraction of sp³-hybridized carbons (Fsp3) is 0.158. The highest BCUT2D eigenvalue weighted by Gasteiger charge is 2.12. The van der Waals surface area contributed by atoms with Gasteiger partial charge in [0.25, 0.3) is 0 Å². The maximum atomic E-state index is 11.2. The van der Waals surface area contributed by atoms with Crippen molar-refractivity contribution in [2.75, 3.05) is 5.32 Å². The van der Waals surface area contributed by atoms with Crippen LogP contribution in [0.5, 0.6) is 0 Å². The molecule has 0 bridgehead atoms. The Morgan fingerprint density at radius 1 is 1.15 bits per heavy atom. The standard InChI is InChI=1S/C19H17N5O2/c1-11-3-4-13(7-12(11)2)9-20-19-22-16-6-5-14(18(25)26)8-15(16)17-23-21-10-24(17)19/h3-8,10H,9H2,1-2H3,(H,20,22)(H,25,26). The van der Waals surface area contributed by atoms with Crippen LogP contribution in [0, 0.1) is 13.8 Å². The molecule has 7 nitrogen and oxygen atoms in total. The van der Waals surface area contributed by atoms with Gasteiger partial charge in [-0.05, 0) is 48.7 Å².